The van der Waals surface area contributed by atoms with Crippen LogP contribution in [0.25, 0.3) is 0 Å². The minimum atomic E-state index is -1.03. The van der Waals surface area contributed by atoms with Gasteiger partial charge in [-0.25, -0.2) is 0 Å². The van der Waals surface area contributed by atoms with Crippen LogP contribution in [0.15, 0.2) is 30.3 Å². The fourth-order valence-electron chi connectivity index (χ4n) is 2.12. The molecule has 110 valence electrons. The average Bonchev–Trinajstić information content (AvgIpc) is 2.45. The molecule has 20 heavy (non-hydrogen) atoms. The van der Waals surface area contributed by atoms with Crippen LogP contribution in [0.4, 0.5) is 0 Å². The predicted octanol–water partition coefficient (Wildman–Crippen LogP) is 1.27. The molecule has 2 amide bonds. The van der Waals surface area contributed by atoms with Gasteiger partial charge < -0.3 is 16.2 Å². The van der Waals surface area contributed by atoms with Gasteiger partial charge in [0.15, 0.2) is 0 Å². The molecule has 0 bridgehead atoms. The van der Waals surface area contributed by atoms with Crippen LogP contribution < -0.4 is 11.1 Å². The predicted molar refractivity (Wildman–Crippen MR) is 76.7 cm³/mol. The quantitative estimate of drug-likeness (QED) is 0.701. The lowest BCUT2D eigenvalue weighted by atomic mass is 9.91. The highest BCUT2D eigenvalue weighted by Gasteiger charge is 2.34. The van der Waals surface area contributed by atoms with Gasteiger partial charge in [0.1, 0.15) is 5.54 Å². The molecule has 0 saturated heterocycles. The molecular weight excluding hydrogens is 256 g/mol. The minimum absolute atomic E-state index is 0.0982. The molecule has 1 aromatic carbocycles. The molecule has 0 saturated carbocycles. The molecule has 0 heterocycles. The maximum atomic E-state index is 12.0. The van der Waals surface area contributed by atoms with Crippen molar-refractivity contribution >= 4 is 11.8 Å². The number of rotatable bonds is 7. The maximum Gasteiger partial charge on any atom is 0.243 e. The second kappa shape index (κ2) is 7.05. The first-order valence-corrected chi connectivity index (χ1v) is 6.79. The Kier molecular flexibility index (Phi) is 5.70. The van der Waals surface area contributed by atoms with Crippen molar-refractivity contribution in [1.29, 1.82) is 0 Å². The monoisotopic (exact) mass is 278 g/mol. The lowest BCUT2D eigenvalue weighted by Crippen LogP contribution is -2.56. The molecule has 0 aliphatic heterocycles. The summed E-state index contributed by atoms with van der Waals surface area (Å²) in [6.45, 7) is 3.59. The van der Waals surface area contributed by atoms with Crippen LogP contribution in [0.5, 0.6) is 0 Å². The number of hydrogen-bond donors (Lipinski definition) is 3. The molecular formula is C15H22N2O3. The number of carbonyl (C=O) groups is 2. The van der Waals surface area contributed by atoms with Crippen LogP contribution in [0.3, 0.4) is 0 Å². The zero-order valence-corrected chi connectivity index (χ0v) is 11.9. The molecule has 0 aliphatic carbocycles. The van der Waals surface area contributed by atoms with Crippen molar-refractivity contribution in [2.24, 2.45) is 5.73 Å². The summed E-state index contributed by atoms with van der Waals surface area (Å²) < 4.78 is 0. The highest BCUT2D eigenvalue weighted by atomic mass is 16.3. The summed E-state index contributed by atoms with van der Waals surface area (Å²) in [7, 11) is 0. The molecule has 0 aliphatic rings. The Morgan fingerprint density at radius 3 is 2.25 bits per heavy atom. The first-order chi connectivity index (χ1) is 9.45. The maximum absolute atomic E-state index is 12.0. The van der Waals surface area contributed by atoms with Gasteiger partial charge in [-0.05, 0) is 18.4 Å². The van der Waals surface area contributed by atoms with Crippen molar-refractivity contribution in [3.05, 3.63) is 35.9 Å². The SMILES string of the molecule is CCC(CC)(NC(=O)CC(O)c1ccccc1)C(N)=O. The van der Waals surface area contributed by atoms with Crippen LogP contribution >= 0.6 is 0 Å². The number of aliphatic hydroxyl groups is 1. The van der Waals surface area contributed by atoms with E-state index in [4.69, 9.17) is 5.73 Å². The fourth-order valence-corrected chi connectivity index (χ4v) is 2.12. The summed E-state index contributed by atoms with van der Waals surface area (Å²) >= 11 is 0. The highest BCUT2D eigenvalue weighted by Crippen LogP contribution is 2.19. The summed E-state index contributed by atoms with van der Waals surface area (Å²) in [6.07, 6.45) is -0.146. The number of primary amides is 1. The average molecular weight is 278 g/mol. The van der Waals surface area contributed by atoms with Crippen molar-refractivity contribution in [2.75, 3.05) is 0 Å². The minimum Gasteiger partial charge on any atom is -0.388 e. The second-order valence-corrected chi connectivity index (χ2v) is 4.83. The summed E-state index contributed by atoms with van der Waals surface area (Å²) in [5, 5.41) is 12.7. The summed E-state index contributed by atoms with van der Waals surface area (Å²) in [5.41, 5.74) is 5.00. The second-order valence-electron chi connectivity index (χ2n) is 4.83. The number of nitrogens with two attached hydrogens (primary N) is 1. The molecule has 0 fully saturated rings. The molecule has 5 nitrogen and oxygen atoms in total. The van der Waals surface area contributed by atoms with Crippen LogP contribution in [-0.4, -0.2) is 22.5 Å². The Bertz CT molecular complexity index is 455. The van der Waals surface area contributed by atoms with Gasteiger partial charge in [0.2, 0.25) is 11.8 Å². The van der Waals surface area contributed by atoms with Crippen LogP contribution in [-0.2, 0) is 9.59 Å². The number of hydrogen-bond acceptors (Lipinski definition) is 3. The van der Waals surface area contributed by atoms with Gasteiger partial charge in [-0.3, -0.25) is 9.59 Å². The summed E-state index contributed by atoms with van der Waals surface area (Å²) in [6, 6.07) is 8.92. The van der Waals surface area contributed by atoms with E-state index in [-0.39, 0.29) is 12.3 Å². The molecule has 4 N–H and O–H groups in total. The van der Waals surface area contributed by atoms with Gasteiger partial charge in [-0.1, -0.05) is 44.2 Å². The van der Waals surface area contributed by atoms with Crippen molar-refractivity contribution in [1.82, 2.24) is 5.32 Å². The normalized spacial score (nSPS) is 12.8. The molecule has 5 heteroatoms. The topological polar surface area (TPSA) is 92.4 Å². The van der Waals surface area contributed by atoms with E-state index in [1.807, 2.05) is 6.07 Å². The largest absolute Gasteiger partial charge is 0.388 e. The van der Waals surface area contributed by atoms with E-state index in [2.05, 4.69) is 5.32 Å². The Labute approximate surface area is 119 Å². The molecule has 0 spiro atoms. The first-order valence-electron chi connectivity index (χ1n) is 6.79. The van der Waals surface area contributed by atoms with Crippen molar-refractivity contribution in [3.8, 4) is 0 Å². The summed E-state index contributed by atoms with van der Waals surface area (Å²) in [5.74, 6) is -0.936. The Morgan fingerprint density at radius 1 is 1.25 bits per heavy atom. The van der Waals surface area contributed by atoms with E-state index >= 15 is 0 Å². The zero-order chi connectivity index (χ0) is 15.2. The molecule has 1 unspecified atom stereocenters. The van der Waals surface area contributed by atoms with Crippen molar-refractivity contribution in [2.45, 2.75) is 44.8 Å². The third kappa shape index (κ3) is 3.81. The standard InChI is InChI=1S/C15H22N2O3/c1-3-15(4-2,14(16)20)17-13(19)10-12(18)11-8-6-5-7-9-11/h5-9,12,18H,3-4,10H2,1-2H3,(H2,16,20)(H,17,19). The van der Waals surface area contributed by atoms with Crippen molar-refractivity contribution in [3.63, 3.8) is 0 Å². The highest BCUT2D eigenvalue weighted by molar-refractivity contribution is 5.90. The van der Waals surface area contributed by atoms with Crippen LogP contribution in [0, 0.1) is 0 Å². The molecule has 1 aromatic rings. The number of aliphatic hydroxyl groups excluding tert-OH is 1. The lowest BCUT2D eigenvalue weighted by molar-refractivity contribution is -0.133. The summed E-state index contributed by atoms with van der Waals surface area (Å²) in [4.78, 5) is 23.5. The number of benzene rings is 1. The van der Waals surface area contributed by atoms with E-state index in [0.717, 1.165) is 0 Å². The van der Waals surface area contributed by atoms with E-state index in [9.17, 15) is 14.7 Å². The van der Waals surface area contributed by atoms with E-state index in [0.29, 0.717) is 18.4 Å². The van der Waals surface area contributed by atoms with Gasteiger partial charge in [-0.15, -0.1) is 0 Å². The Balaban J connectivity index is 2.70. The van der Waals surface area contributed by atoms with Gasteiger partial charge in [0.25, 0.3) is 0 Å². The first kappa shape index (κ1) is 16.2. The Morgan fingerprint density at radius 2 is 1.80 bits per heavy atom. The van der Waals surface area contributed by atoms with E-state index < -0.39 is 17.6 Å². The van der Waals surface area contributed by atoms with Gasteiger partial charge >= 0.3 is 0 Å². The van der Waals surface area contributed by atoms with Gasteiger partial charge in [-0.2, -0.15) is 0 Å². The van der Waals surface area contributed by atoms with E-state index in [1.165, 1.54) is 0 Å². The molecule has 0 aromatic heterocycles. The van der Waals surface area contributed by atoms with Gasteiger partial charge in [0, 0.05) is 0 Å². The smallest absolute Gasteiger partial charge is 0.243 e. The van der Waals surface area contributed by atoms with E-state index in [1.54, 1.807) is 38.1 Å². The number of nitrogens with one attached hydrogen (secondary N) is 1. The molecule has 1 atom stereocenters. The third-order valence-corrected chi connectivity index (χ3v) is 3.62. The third-order valence-electron chi connectivity index (χ3n) is 3.62. The van der Waals surface area contributed by atoms with Crippen molar-refractivity contribution < 1.29 is 14.7 Å². The lowest BCUT2D eigenvalue weighted by Gasteiger charge is -2.29. The number of amides is 2. The molecule has 0 radical (unpaired) electrons. The molecule has 1 rings (SSSR count). The zero-order valence-electron chi connectivity index (χ0n) is 11.9. The fraction of sp³-hybridized carbons (Fsp3) is 0.467. The van der Waals surface area contributed by atoms with Crippen LogP contribution in [0.1, 0.15) is 44.8 Å². The number of carbonyl (C=O) groups excluding carboxylic acids is 2. The van der Waals surface area contributed by atoms with Crippen LogP contribution in [0.2, 0.25) is 0 Å². The Hall–Kier alpha value is -1.88. The van der Waals surface area contributed by atoms with Gasteiger partial charge in [0.05, 0.1) is 12.5 Å².